The van der Waals surface area contributed by atoms with Crippen molar-refractivity contribution in [1.82, 2.24) is 0 Å². The highest BCUT2D eigenvalue weighted by molar-refractivity contribution is 6.30. The molecule has 1 aromatic rings. The Morgan fingerprint density at radius 3 is 1.93 bits per heavy atom. The van der Waals surface area contributed by atoms with Crippen molar-refractivity contribution in [2.24, 2.45) is 5.41 Å². The van der Waals surface area contributed by atoms with Gasteiger partial charge in [-0.05, 0) is 37.0 Å². The first kappa shape index (κ1) is 24.5. The van der Waals surface area contributed by atoms with Gasteiger partial charge < -0.3 is 9.47 Å². The number of hydrogen-bond acceptors (Lipinski definition) is 4. The van der Waals surface area contributed by atoms with Crippen molar-refractivity contribution in [1.29, 1.82) is 0 Å². The quantitative estimate of drug-likeness (QED) is 0.200. The van der Waals surface area contributed by atoms with Gasteiger partial charge in [0.25, 0.3) is 0 Å². The predicted octanol–water partition coefficient (Wildman–Crippen LogP) is 6.48. The van der Waals surface area contributed by atoms with E-state index >= 15 is 0 Å². The van der Waals surface area contributed by atoms with Crippen molar-refractivity contribution in [3.05, 3.63) is 34.9 Å². The number of carbonyl (C=O) groups is 2. The lowest BCUT2D eigenvalue weighted by Gasteiger charge is -2.27. The number of rotatable bonds is 14. The fourth-order valence-corrected chi connectivity index (χ4v) is 3.27. The second kappa shape index (κ2) is 13.6. The van der Waals surface area contributed by atoms with Crippen molar-refractivity contribution in [3.8, 4) is 0 Å². The molecule has 1 aromatic carbocycles. The van der Waals surface area contributed by atoms with Gasteiger partial charge in [-0.3, -0.25) is 9.59 Å². The monoisotopic (exact) mass is 410 g/mol. The highest BCUT2D eigenvalue weighted by atomic mass is 35.5. The third-order valence-electron chi connectivity index (χ3n) is 5.25. The van der Waals surface area contributed by atoms with Crippen molar-refractivity contribution in [2.75, 3.05) is 6.61 Å². The van der Waals surface area contributed by atoms with Gasteiger partial charge in [0.2, 0.25) is 0 Å². The number of benzene rings is 1. The SMILES string of the molecule is CCCCCCCCCOC(=O)C(CC)(CC)C(=O)OCc1ccc(Cl)cc1. The molecule has 0 atom stereocenters. The molecule has 0 aliphatic rings. The molecule has 0 aliphatic carbocycles. The summed E-state index contributed by atoms with van der Waals surface area (Å²) in [5.41, 5.74) is -0.400. The maximum atomic E-state index is 12.7. The van der Waals surface area contributed by atoms with Crippen LogP contribution < -0.4 is 0 Å². The fraction of sp³-hybridized carbons (Fsp3) is 0.652. The van der Waals surface area contributed by atoms with E-state index in [0.29, 0.717) is 24.5 Å². The second-order valence-electron chi connectivity index (χ2n) is 7.25. The second-order valence-corrected chi connectivity index (χ2v) is 7.69. The van der Waals surface area contributed by atoms with Crippen LogP contribution in [0.2, 0.25) is 5.02 Å². The lowest BCUT2D eigenvalue weighted by atomic mass is 9.82. The van der Waals surface area contributed by atoms with Gasteiger partial charge in [0.15, 0.2) is 5.41 Å². The summed E-state index contributed by atoms with van der Waals surface area (Å²) in [5.74, 6) is -0.985. The maximum Gasteiger partial charge on any atom is 0.323 e. The highest BCUT2D eigenvalue weighted by Gasteiger charge is 2.45. The molecular formula is C23H35ClO4. The van der Waals surface area contributed by atoms with Crippen LogP contribution in [-0.2, 0) is 25.7 Å². The van der Waals surface area contributed by atoms with E-state index in [1.165, 1.54) is 25.7 Å². The Labute approximate surface area is 174 Å². The Morgan fingerprint density at radius 1 is 0.821 bits per heavy atom. The van der Waals surface area contributed by atoms with Crippen LogP contribution in [0.25, 0.3) is 0 Å². The first-order valence-corrected chi connectivity index (χ1v) is 11.0. The van der Waals surface area contributed by atoms with Gasteiger partial charge in [-0.1, -0.05) is 83.0 Å². The Morgan fingerprint density at radius 2 is 1.36 bits per heavy atom. The van der Waals surface area contributed by atoms with Gasteiger partial charge in [0.05, 0.1) is 6.61 Å². The number of halogens is 1. The molecule has 0 N–H and O–H groups in total. The zero-order valence-electron chi connectivity index (χ0n) is 17.6. The molecule has 1 rings (SSSR count). The van der Waals surface area contributed by atoms with Gasteiger partial charge in [-0.25, -0.2) is 0 Å². The third kappa shape index (κ3) is 7.83. The molecule has 0 radical (unpaired) electrons. The normalized spacial score (nSPS) is 11.3. The number of ether oxygens (including phenoxy) is 2. The van der Waals surface area contributed by atoms with E-state index in [4.69, 9.17) is 21.1 Å². The van der Waals surface area contributed by atoms with E-state index in [9.17, 15) is 9.59 Å². The molecule has 158 valence electrons. The van der Waals surface area contributed by atoms with E-state index in [-0.39, 0.29) is 6.61 Å². The zero-order valence-corrected chi connectivity index (χ0v) is 18.4. The Balaban J connectivity index is 2.47. The van der Waals surface area contributed by atoms with Crippen LogP contribution in [0, 0.1) is 5.41 Å². The van der Waals surface area contributed by atoms with Gasteiger partial charge in [0, 0.05) is 5.02 Å². The Hall–Kier alpha value is -1.55. The topological polar surface area (TPSA) is 52.6 Å². The van der Waals surface area contributed by atoms with Crippen LogP contribution in [0.1, 0.15) is 84.1 Å². The predicted molar refractivity (Wildman–Crippen MR) is 113 cm³/mol. The standard InChI is InChI=1S/C23H35ClO4/c1-4-7-8-9-10-11-12-17-27-21(25)23(5-2,6-3)22(26)28-18-19-13-15-20(24)16-14-19/h13-16H,4-12,17-18H2,1-3H3. The third-order valence-corrected chi connectivity index (χ3v) is 5.50. The van der Waals surface area contributed by atoms with E-state index in [1.54, 1.807) is 24.3 Å². The van der Waals surface area contributed by atoms with Crippen LogP contribution in [0.4, 0.5) is 0 Å². The fourth-order valence-electron chi connectivity index (χ4n) is 3.14. The Bertz CT molecular complexity index is 579. The molecule has 0 saturated heterocycles. The summed E-state index contributed by atoms with van der Waals surface area (Å²) in [4.78, 5) is 25.4. The van der Waals surface area contributed by atoms with Gasteiger partial charge in [-0.2, -0.15) is 0 Å². The molecule has 0 aliphatic heterocycles. The van der Waals surface area contributed by atoms with E-state index in [0.717, 1.165) is 24.8 Å². The summed E-state index contributed by atoms with van der Waals surface area (Å²) in [7, 11) is 0. The van der Waals surface area contributed by atoms with Crippen molar-refractivity contribution >= 4 is 23.5 Å². The number of esters is 2. The average Bonchev–Trinajstić information content (AvgIpc) is 2.71. The van der Waals surface area contributed by atoms with E-state index < -0.39 is 17.4 Å². The minimum atomic E-state index is -1.23. The summed E-state index contributed by atoms with van der Waals surface area (Å²) in [6, 6.07) is 7.09. The molecule has 0 aromatic heterocycles. The van der Waals surface area contributed by atoms with Gasteiger partial charge in [-0.15, -0.1) is 0 Å². The van der Waals surface area contributed by atoms with Crippen LogP contribution in [0.3, 0.4) is 0 Å². The zero-order chi connectivity index (χ0) is 20.8. The molecule has 0 amide bonds. The molecule has 0 saturated carbocycles. The maximum absolute atomic E-state index is 12.7. The molecule has 5 heteroatoms. The molecule has 0 spiro atoms. The average molecular weight is 411 g/mol. The summed E-state index contributed by atoms with van der Waals surface area (Å²) in [6.45, 7) is 6.32. The van der Waals surface area contributed by atoms with Crippen LogP contribution in [-0.4, -0.2) is 18.5 Å². The molecule has 0 unspecified atom stereocenters. The van der Waals surface area contributed by atoms with Gasteiger partial charge in [0.1, 0.15) is 6.61 Å². The summed E-state index contributed by atoms with van der Waals surface area (Å²) < 4.78 is 10.9. The van der Waals surface area contributed by atoms with Crippen LogP contribution >= 0.6 is 11.6 Å². The lowest BCUT2D eigenvalue weighted by molar-refractivity contribution is -0.174. The largest absolute Gasteiger partial charge is 0.465 e. The highest BCUT2D eigenvalue weighted by Crippen LogP contribution is 2.30. The molecule has 4 nitrogen and oxygen atoms in total. The summed E-state index contributed by atoms with van der Waals surface area (Å²) >= 11 is 5.87. The molecule has 0 fully saturated rings. The molecule has 0 bridgehead atoms. The summed E-state index contributed by atoms with van der Waals surface area (Å²) in [5, 5.41) is 0.625. The van der Waals surface area contributed by atoms with Crippen molar-refractivity contribution in [2.45, 2.75) is 85.2 Å². The molecule has 0 heterocycles. The van der Waals surface area contributed by atoms with E-state index in [2.05, 4.69) is 6.92 Å². The van der Waals surface area contributed by atoms with Crippen molar-refractivity contribution in [3.63, 3.8) is 0 Å². The number of carbonyl (C=O) groups excluding carboxylic acids is 2. The number of unbranched alkanes of at least 4 members (excludes halogenated alkanes) is 6. The lowest BCUT2D eigenvalue weighted by Crippen LogP contribution is -2.41. The first-order valence-electron chi connectivity index (χ1n) is 10.6. The molecular weight excluding hydrogens is 376 g/mol. The van der Waals surface area contributed by atoms with Crippen LogP contribution in [0.5, 0.6) is 0 Å². The minimum absolute atomic E-state index is 0.114. The summed E-state index contributed by atoms with van der Waals surface area (Å²) in [6.07, 6.45) is 8.77. The van der Waals surface area contributed by atoms with Crippen LogP contribution in [0.15, 0.2) is 24.3 Å². The molecule has 28 heavy (non-hydrogen) atoms. The Kier molecular flexibility index (Phi) is 11.9. The van der Waals surface area contributed by atoms with E-state index in [1.807, 2.05) is 13.8 Å². The van der Waals surface area contributed by atoms with Crippen molar-refractivity contribution < 1.29 is 19.1 Å². The smallest absolute Gasteiger partial charge is 0.323 e. The first-order chi connectivity index (χ1) is 13.5. The van der Waals surface area contributed by atoms with Gasteiger partial charge >= 0.3 is 11.9 Å². The minimum Gasteiger partial charge on any atom is -0.465 e. The number of hydrogen-bond donors (Lipinski definition) is 0.